The van der Waals surface area contributed by atoms with Crippen LogP contribution in [0.3, 0.4) is 0 Å². The minimum absolute atomic E-state index is 0.512. The highest BCUT2D eigenvalue weighted by atomic mass is 15.1. The van der Waals surface area contributed by atoms with Crippen LogP contribution in [0.25, 0.3) is 0 Å². The highest BCUT2D eigenvalue weighted by Crippen LogP contribution is 2.15. The Morgan fingerprint density at radius 1 is 1.10 bits per heavy atom. The second-order valence-electron chi connectivity index (χ2n) is 5.75. The summed E-state index contributed by atoms with van der Waals surface area (Å²) in [5.74, 6) is 0. The maximum atomic E-state index is 4.07. The standard InChI is InChI=1S/C18H24N2/c1-14-5-6-18(15(2)11-14)13-20(4)16(3)12-17-7-9-19-10-8-17/h5-11,16H,12-13H2,1-4H3/t16-/m0/s1. The largest absolute Gasteiger partial charge is 0.299 e. The van der Waals surface area contributed by atoms with E-state index in [2.05, 4.69) is 68.0 Å². The summed E-state index contributed by atoms with van der Waals surface area (Å²) in [6, 6.07) is 11.4. The number of pyridine rings is 1. The van der Waals surface area contributed by atoms with Gasteiger partial charge in [-0.1, -0.05) is 23.8 Å². The van der Waals surface area contributed by atoms with Gasteiger partial charge in [-0.2, -0.15) is 0 Å². The molecule has 2 aromatic rings. The summed E-state index contributed by atoms with van der Waals surface area (Å²) in [5.41, 5.74) is 5.48. The molecule has 1 aromatic heterocycles. The second kappa shape index (κ2) is 6.67. The van der Waals surface area contributed by atoms with E-state index >= 15 is 0 Å². The molecule has 20 heavy (non-hydrogen) atoms. The van der Waals surface area contributed by atoms with Crippen molar-refractivity contribution >= 4 is 0 Å². The molecule has 0 unspecified atom stereocenters. The van der Waals surface area contributed by atoms with Gasteiger partial charge in [-0.3, -0.25) is 9.88 Å². The minimum Gasteiger partial charge on any atom is -0.299 e. The molecule has 0 radical (unpaired) electrons. The molecule has 0 fully saturated rings. The highest BCUT2D eigenvalue weighted by molar-refractivity contribution is 5.30. The molecule has 0 bridgehead atoms. The third-order valence-electron chi connectivity index (χ3n) is 3.95. The van der Waals surface area contributed by atoms with Crippen molar-refractivity contribution in [1.29, 1.82) is 0 Å². The van der Waals surface area contributed by atoms with Gasteiger partial charge in [0.2, 0.25) is 0 Å². The van der Waals surface area contributed by atoms with Crippen molar-refractivity contribution in [3.8, 4) is 0 Å². The van der Waals surface area contributed by atoms with Gasteiger partial charge in [-0.05, 0) is 63.1 Å². The molecule has 106 valence electrons. The first-order valence-electron chi connectivity index (χ1n) is 7.21. The fourth-order valence-corrected chi connectivity index (χ4v) is 2.46. The lowest BCUT2D eigenvalue weighted by Gasteiger charge is -2.25. The Morgan fingerprint density at radius 3 is 2.45 bits per heavy atom. The van der Waals surface area contributed by atoms with E-state index in [1.54, 1.807) is 0 Å². The van der Waals surface area contributed by atoms with Crippen LogP contribution in [0.2, 0.25) is 0 Å². The number of aromatic nitrogens is 1. The SMILES string of the molecule is Cc1ccc(CN(C)[C@@H](C)Cc2ccncc2)c(C)c1. The van der Waals surface area contributed by atoms with Crippen LogP contribution >= 0.6 is 0 Å². The molecule has 0 amide bonds. The van der Waals surface area contributed by atoms with Crippen molar-refractivity contribution < 1.29 is 0 Å². The number of nitrogens with zero attached hydrogens (tertiary/aromatic N) is 2. The maximum Gasteiger partial charge on any atom is 0.0270 e. The first-order chi connectivity index (χ1) is 9.56. The topological polar surface area (TPSA) is 16.1 Å². The minimum atomic E-state index is 0.512. The van der Waals surface area contributed by atoms with Crippen LogP contribution < -0.4 is 0 Å². The summed E-state index contributed by atoms with van der Waals surface area (Å²) in [4.78, 5) is 6.49. The van der Waals surface area contributed by atoms with Crippen LogP contribution in [-0.4, -0.2) is 23.0 Å². The number of likely N-dealkylation sites (N-methyl/N-ethyl adjacent to an activating group) is 1. The van der Waals surface area contributed by atoms with Gasteiger partial charge >= 0.3 is 0 Å². The number of rotatable bonds is 5. The van der Waals surface area contributed by atoms with Crippen LogP contribution in [-0.2, 0) is 13.0 Å². The Kier molecular flexibility index (Phi) is 4.91. The summed E-state index contributed by atoms with van der Waals surface area (Å²) >= 11 is 0. The Balaban J connectivity index is 1.98. The fraction of sp³-hybridized carbons (Fsp3) is 0.389. The molecule has 1 heterocycles. The van der Waals surface area contributed by atoms with Gasteiger partial charge in [0.15, 0.2) is 0 Å². The summed E-state index contributed by atoms with van der Waals surface area (Å²) in [7, 11) is 2.20. The number of benzene rings is 1. The Labute approximate surface area is 122 Å². The lowest BCUT2D eigenvalue weighted by atomic mass is 10.0. The summed E-state index contributed by atoms with van der Waals surface area (Å²) in [6.07, 6.45) is 4.79. The molecule has 0 N–H and O–H groups in total. The zero-order chi connectivity index (χ0) is 14.5. The second-order valence-corrected chi connectivity index (χ2v) is 5.75. The predicted octanol–water partition coefficient (Wildman–Crippen LogP) is 3.76. The van der Waals surface area contributed by atoms with E-state index in [0.29, 0.717) is 6.04 Å². The van der Waals surface area contributed by atoms with Gasteiger partial charge in [0, 0.05) is 25.0 Å². The molecule has 1 aromatic carbocycles. The molecular weight excluding hydrogens is 244 g/mol. The average molecular weight is 268 g/mol. The van der Waals surface area contributed by atoms with Crippen molar-refractivity contribution in [3.05, 3.63) is 65.0 Å². The number of aryl methyl sites for hydroxylation is 2. The maximum absolute atomic E-state index is 4.07. The van der Waals surface area contributed by atoms with E-state index in [4.69, 9.17) is 0 Å². The van der Waals surface area contributed by atoms with Crippen LogP contribution in [0.1, 0.15) is 29.2 Å². The molecule has 0 saturated carbocycles. The van der Waals surface area contributed by atoms with E-state index in [1.807, 2.05) is 12.4 Å². The monoisotopic (exact) mass is 268 g/mol. The molecule has 0 aliphatic heterocycles. The first kappa shape index (κ1) is 14.7. The van der Waals surface area contributed by atoms with Crippen LogP contribution in [0, 0.1) is 13.8 Å². The molecule has 0 aliphatic rings. The Bertz CT molecular complexity index is 549. The van der Waals surface area contributed by atoms with Crippen molar-refractivity contribution in [3.63, 3.8) is 0 Å². The zero-order valence-electron chi connectivity index (χ0n) is 12.9. The quantitative estimate of drug-likeness (QED) is 0.821. The van der Waals surface area contributed by atoms with Crippen molar-refractivity contribution in [2.75, 3.05) is 7.05 Å². The smallest absolute Gasteiger partial charge is 0.0270 e. The van der Waals surface area contributed by atoms with E-state index in [1.165, 1.54) is 22.3 Å². The van der Waals surface area contributed by atoms with Crippen molar-refractivity contribution in [2.45, 2.75) is 39.8 Å². The molecule has 1 atom stereocenters. The van der Waals surface area contributed by atoms with Gasteiger partial charge in [0.1, 0.15) is 0 Å². The van der Waals surface area contributed by atoms with E-state index in [-0.39, 0.29) is 0 Å². The lowest BCUT2D eigenvalue weighted by molar-refractivity contribution is 0.247. The summed E-state index contributed by atoms with van der Waals surface area (Å²) in [5, 5.41) is 0. The third kappa shape index (κ3) is 3.91. The van der Waals surface area contributed by atoms with E-state index < -0.39 is 0 Å². The highest BCUT2D eigenvalue weighted by Gasteiger charge is 2.11. The molecule has 2 nitrogen and oxygen atoms in total. The van der Waals surface area contributed by atoms with Crippen LogP contribution in [0.4, 0.5) is 0 Å². The third-order valence-corrected chi connectivity index (χ3v) is 3.95. The molecule has 0 spiro atoms. The molecule has 0 saturated heterocycles. The fourth-order valence-electron chi connectivity index (χ4n) is 2.46. The number of hydrogen-bond acceptors (Lipinski definition) is 2. The first-order valence-corrected chi connectivity index (χ1v) is 7.21. The Hall–Kier alpha value is -1.67. The Morgan fingerprint density at radius 2 is 1.80 bits per heavy atom. The van der Waals surface area contributed by atoms with Gasteiger partial charge in [0.05, 0.1) is 0 Å². The van der Waals surface area contributed by atoms with Crippen molar-refractivity contribution in [1.82, 2.24) is 9.88 Å². The van der Waals surface area contributed by atoms with Gasteiger partial charge < -0.3 is 0 Å². The lowest BCUT2D eigenvalue weighted by Crippen LogP contribution is -2.30. The zero-order valence-corrected chi connectivity index (χ0v) is 12.9. The molecule has 2 heteroatoms. The van der Waals surface area contributed by atoms with Gasteiger partial charge in [-0.15, -0.1) is 0 Å². The van der Waals surface area contributed by atoms with Gasteiger partial charge in [0.25, 0.3) is 0 Å². The van der Waals surface area contributed by atoms with E-state index in [0.717, 1.165) is 13.0 Å². The molecule has 2 rings (SSSR count). The van der Waals surface area contributed by atoms with Crippen molar-refractivity contribution in [2.24, 2.45) is 0 Å². The van der Waals surface area contributed by atoms with Crippen LogP contribution in [0.15, 0.2) is 42.7 Å². The average Bonchev–Trinajstić information content (AvgIpc) is 2.43. The molecule has 0 aliphatic carbocycles. The molecular formula is C18H24N2. The van der Waals surface area contributed by atoms with E-state index in [9.17, 15) is 0 Å². The predicted molar refractivity (Wildman–Crippen MR) is 84.8 cm³/mol. The van der Waals surface area contributed by atoms with Crippen LogP contribution in [0.5, 0.6) is 0 Å². The summed E-state index contributed by atoms with van der Waals surface area (Å²) in [6.45, 7) is 7.62. The summed E-state index contributed by atoms with van der Waals surface area (Å²) < 4.78 is 0. The normalized spacial score (nSPS) is 12.7. The number of hydrogen-bond donors (Lipinski definition) is 0. The van der Waals surface area contributed by atoms with Gasteiger partial charge in [-0.25, -0.2) is 0 Å².